The van der Waals surface area contributed by atoms with Gasteiger partial charge in [0.15, 0.2) is 5.82 Å². The lowest BCUT2D eigenvalue weighted by Gasteiger charge is -1.96. The van der Waals surface area contributed by atoms with Gasteiger partial charge < -0.3 is 4.57 Å². The molecule has 0 bridgehead atoms. The van der Waals surface area contributed by atoms with Crippen molar-refractivity contribution in [3.63, 3.8) is 0 Å². The van der Waals surface area contributed by atoms with E-state index in [0.717, 1.165) is 0 Å². The minimum Gasteiger partial charge on any atom is -0.332 e. The summed E-state index contributed by atoms with van der Waals surface area (Å²) in [5.41, 5.74) is 0. The van der Waals surface area contributed by atoms with Crippen LogP contribution in [0.15, 0.2) is 25.0 Å². The molecule has 0 amide bonds. The zero-order valence-corrected chi connectivity index (χ0v) is 6.45. The molecule has 1 rings (SSSR count). The average molecular weight is 150 g/mol. The summed E-state index contributed by atoms with van der Waals surface area (Å²) in [5.74, 6) is 0.498. The fourth-order valence-corrected chi connectivity index (χ4v) is 0.857. The van der Waals surface area contributed by atoms with Crippen LogP contribution in [0.1, 0.15) is 17.0 Å². The Morgan fingerprint density at radius 2 is 2.64 bits per heavy atom. The second-order valence-electron chi connectivity index (χ2n) is 2.28. The molecule has 1 aromatic rings. The Morgan fingerprint density at radius 1 is 1.91 bits per heavy atom. The van der Waals surface area contributed by atoms with Crippen molar-refractivity contribution in [3.05, 3.63) is 30.9 Å². The number of carbonyl (C=O) groups excluding carboxylic acids is 1. The van der Waals surface area contributed by atoms with E-state index in [1.165, 1.54) is 0 Å². The molecule has 0 spiro atoms. The molecule has 3 heteroatoms. The second kappa shape index (κ2) is 3.14. The van der Waals surface area contributed by atoms with Crippen LogP contribution in [0.5, 0.6) is 0 Å². The van der Waals surface area contributed by atoms with Crippen LogP contribution in [-0.2, 0) is 7.05 Å². The Kier molecular flexibility index (Phi) is 2.21. The van der Waals surface area contributed by atoms with Crippen LogP contribution in [0.3, 0.4) is 0 Å². The first kappa shape index (κ1) is 7.72. The van der Waals surface area contributed by atoms with Gasteiger partial charge in [0.2, 0.25) is 5.78 Å². The largest absolute Gasteiger partial charge is 0.332 e. The van der Waals surface area contributed by atoms with Gasteiger partial charge in [-0.15, -0.1) is 6.58 Å². The van der Waals surface area contributed by atoms with Gasteiger partial charge in [-0.2, -0.15) is 0 Å². The average Bonchev–Trinajstić information content (AvgIpc) is 2.36. The first-order valence-corrected chi connectivity index (χ1v) is 3.37. The number of ketones is 1. The summed E-state index contributed by atoms with van der Waals surface area (Å²) in [5, 5.41) is 0. The van der Waals surface area contributed by atoms with Crippen molar-refractivity contribution in [2.75, 3.05) is 0 Å². The summed E-state index contributed by atoms with van der Waals surface area (Å²) in [6, 6.07) is 0. The lowest BCUT2D eigenvalue weighted by atomic mass is 10.3. The molecule has 0 unspecified atom stereocenters. The van der Waals surface area contributed by atoms with Gasteiger partial charge in [0.05, 0.1) is 0 Å². The Morgan fingerprint density at radius 3 is 3.09 bits per heavy atom. The molecule has 58 valence electrons. The molecular formula is C8H10N2O. The molecule has 0 aliphatic rings. The number of aromatic nitrogens is 2. The molecule has 1 heterocycles. The molecule has 0 saturated carbocycles. The SMILES string of the molecule is C=CCC(=O)c1nccn1C. The van der Waals surface area contributed by atoms with E-state index in [0.29, 0.717) is 12.2 Å². The summed E-state index contributed by atoms with van der Waals surface area (Å²) in [6.45, 7) is 3.48. The third-order valence-electron chi connectivity index (χ3n) is 1.40. The zero-order valence-electron chi connectivity index (χ0n) is 6.45. The predicted molar refractivity (Wildman–Crippen MR) is 42.4 cm³/mol. The van der Waals surface area contributed by atoms with E-state index >= 15 is 0 Å². The monoisotopic (exact) mass is 150 g/mol. The van der Waals surface area contributed by atoms with Gasteiger partial charge in [-0.3, -0.25) is 4.79 Å². The van der Waals surface area contributed by atoms with Gasteiger partial charge in [-0.1, -0.05) is 6.08 Å². The van der Waals surface area contributed by atoms with Gasteiger partial charge in [-0.25, -0.2) is 4.98 Å². The van der Waals surface area contributed by atoms with Gasteiger partial charge in [0.1, 0.15) is 0 Å². The molecule has 0 N–H and O–H groups in total. The molecule has 0 saturated heterocycles. The second-order valence-corrected chi connectivity index (χ2v) is 2.28. The van der Waals surface area contributed by atoms with E-state index in [1.54, 1.807) is 30.1 Å². The highest BCUT2D eigenvalue weighted by Crippen LogP contribution is 1.98. The predicted octanol–water partition coefficient (Wildman–Crippen LogP) is 1.18. The topological polar surface area (TPSA) is 34.9 Å². The number of Topliss-reactive ketones (excluding diaryl/α,β-unsaturated/α-hetero) is 1. The van der Waals surface area contributed by atoms with Crippen LogP contribution >= 0.6 is 0 Å². The summed E-state index contributed by atoms with van der Waals surface area (Å²) < 4.78 is 1.70. The number of allylic oxidation sites excluding steroid dienone is 1. The quantitative estimate of drug-likeness (QED) is 0.479. The van der Waals surface area contributed by atoms with E-state index in [2.05, 4.69) is 11.6 Å². The number of nitrogens with zero attached hydrogens (tertiary/aromatic N) is 2. The zero-order chi connectivity index (χ0) is 8.27. The summed E-state index contributed by atoms with van der Waals surface area (Å²) >= 11 is 0. The Balaban J connectivity index is 2.83. The number of hydrogen-bond donors (Lipinski definition) is 0. The van der Waals surface area contributed by atoms with Crippen LogP contribution in [0, 0.1) is 0 Å². The number of aryl methyl sites for hydroxylation is 1. The van der Waals surface area contributed by atoms with Crippen LogP contribution in [0.25, 0.3) is 0 Å². The molecule has 11 heavy (non-hydrogen) atoms. The molecule has 0 atom stereocenters. The number of hydrogen-bond acceptors (Lipinski definition) is 2. The maximum atomic E-state index is 11.2. The highest BCUT2D eigenvalue weighted by molar-refractivity contribution is 5.93. The number of imidazole rings is 1. The van der Waals surface area contributed by atoms with Crippen molar-refractivity contribution >= 4 is 5.78 Å². The maximum Gasteiger partial charge on any atom is 0.201 e. The van der Waals surface area contributed by atoms with Crippen LogP contribution in [0.2, 0.25) is 0 Å². The van der Waals surface area contributed by atoms with Gasteiger partial charge in [0.25, 0.3) is 0 Å². The smallest absolute Gasteiger partial charge is 0.201 e. The van der Waals surface area contributed by atoms with Gasteiger partial charge in [0, 0.05) is 25.9 Å². The lowest BCUT2D eigenvalue weighted by Crippen LogP contribution is -2.05. The first-order valence-electron chi connectivity index (χ1n) is 3.37. The standard InChI is InChI=1S/C8H10N2O/c1-3-4-7(11)8-9-5-6-10(8)2/h3,5-6H,1,4H2,2H3. The molecule has 0 aromatic carbocycles. The summed E-state index contributed by atoms with van der Waals surface area (Å²) in [7, 11) is 1.79. The normalized spacial score (nSPS) is 9.55. The Labute approximate surface area is 65.4 Å². The van der Waals surface area contributed by atoms with Crippen molar-refractivity contribution < 1.29 is 4.79 Å². The molecule has 0 aliphatic heterocycles. The minimum atomic E-state index is 0.00694. The molecule has 3 nitrogen and oxygen atoms in total. The van der Waals surface area contributed by atoms with Crippen molar-refractivity contribution in [1.82, 2.24) is 9.55 Å². The highest BCUT2D eigenvalue weighted by atomic mass is 16.1. The highest BCUT2D eigenvalue weighted by Gasteiger charge is 2.07. The maximum absolute atomic E-state index is 11.2. The van der Waals surface area contributed by atoms with E-state index in [4.69, 9.17) is 0 Å². The third kappa shape index (κ3) is 1.55. The Bertz CT molecular complexity index is 275. The fourth-order valence-electron chi connectivity index (χ4n) is 0.857. The van der Waals surface area contributed by atoms with Crippen molar-refractivity contribution in [3.8, 4) is 0 Å². The van der Waals surface area contributed by atoms with Crippen molar-refractivity contribution in [2.24, 2.45) is 7.05 Å². The van der Waals surface area contributed by atoms with E-state index in [1.807, 2.05) is 0 Å². The molecule has 0 radical (unpaired) electrons. The summed E-state index contributed by atoms with van der Waals surface area (Å²) in [4.78, 5) is 15.1. The summed E-state index contributed by atoms with van der Waals surface area (Å²) in [6.07, 6.45) is 5.29. The molecular weight excluding hydrogens is 140 g/mol. The molecule has 1 aromatic heterocycles. The third-order valence-corrected chi connectivity index (χ3v) is 1.40. The molecule has 0 aliphatic carbocycles. The lowest BCUT2D eigenvalue weighted by molar-refractivity contribution is 0.0983. The van der Waals surface area contributed by atoms with Crippen LogP contribution in [-0.4, -0.2) is 15.3 Å². The minimum absolute atomic E-state index is 0.00694. The van der Waals surface area contributed by atoms with Crippen LogP contribution in [0.4, 0.5) is 0 Å². The van der Waals surface area contributed by atoms with E-state index < -0.39 is 0 Å². The first-order chi connectivity index (χ1) is 5.25. The number of carbonyl (C=O) groups is 1. The fraction of sp³-hybridized carbons (Fsp3) is 0.250. The van der Waals surface area contributed by atoms with Gasteiger partial charge in [-0.05, 0) is 0 Å². The Hall–Kier alpha value is -1.38. The van der Waals surface area contributed by atoms with E-state index in [9.17, 15) is 4.79 Å². The van der Waals surface area contributed by atoms with E-state index in [-0.39, 0.29) is 5.78 Å². The molecule has 0 fully saturated rings. The van der Waals surface area contributed by atoms with Gasteiger partial charge >= 0.3 is 0 Å². The van der Waals surface area contributed by atoms with Crippen molar-refractivity contribution in [1.29, 1.82) is 0 Å². The van der Waals surface area contributed by atoms with Crippen LogP contribution < -0.4 is 0 Å². The van der Waals surface area contributed by atoms with Crippen molar-refractivity contribution in [2.45, 2.75) is 6.42 Å². The number of rotatable bonds is 3.